The molecule has 1 amide bonds. The molecule has 0 unspecified atom stereocenters. The molecule has 0 saturated carbocycles. The Morgan fingerprint density at radius 3 is 2.57 bits per heavy atom. The van der Waals surface area contributed by atoms with Crippen LogP contribution in [0, 0.1) is 0 Å². The summed E-state index contributed by atoms with van der Waals surface area (Å²) in [5.41, 5.74) is 0.543. The second kappa shape index (κ2) is 6.47. The van der Waals surface area contributed by atoms with Gasteiger partial charge in [-0.15, -0.1) is 0 Å². The second-order valence-corrected chi connectivity index (χ2v) is 4.14. The van der Waals surface area contributed by atoms with Gasteiger partial charge in [0.15, 0.2) is 0 Å². The molecule has 1 aromatic heterocycles. The summed E-state index contributed by atoms with van der Waals surface area (Å²) in [5, 5.41) is 6.40. The molecule has 1 heterocycles. The molecular weight excluding hydrogens is 274 g/mol. The number of esters is 1. The number of nitrogens with one attached hydrogen (secondary N) is 1. The van der Waals surface area contributed by atoms with Crippen molar-refractivity contribution in [3.8, 4) is 0 Å². The minimum absolute atomic E-state index is 0.182. The zero-order chi connectivity index (χ0) is 15.2. The number of methoxy groups -OCH3 is 1. The average Bonchev–Trinajstić information content (AvgIpc) is 2.49. The second-order valence-electron chi connectivity index (χ2n) is 4.14. The van der Waals surface area contributed by atoms with Crippen LogP contribution in [0.2, 0.25) is 0 Å². The minimum atomic E-state index is -0.451. The Bertz CT molecular complexity index is 707. The van der Waals surface area contributed by atoms with E-state index in [0.717, 1.165) is 4.68 Å². The Morgan fingerprint density at radius 1 is 1.24 bits per heavy atom. The van der Waals surface area contributed by atoms with Crippen LogP contribution in [0.5, 0.6) is 0 Å². The first-order valence-corrected chi connectivity index (χ1v) is 6.10. The zero-order valence-electron chi connectivity index (χ0n) is 11.3. The third-order valence-corrected chi connectivity index (χ3v) is 2.67. The molecule has 0 spiro atoms. The first-order valence-electron chi connectivity index (χ1n) is 6.10. The quantitative estimate of drug-likeness (QED) is 0.835. The minimum Gasteiger partial charge on any atom is -0.465 e. The Labute approximate surface area is 120 Å². The molecule has 0 saturated heterocycles. The van der Waals surface area contributed by atoms with Crippen molar-refractivity contribution in [1.29, 1.82) is 0 Å². The van der Waals surface area contributed by atoms with Crippen LogP contribution in [0.15, 0.2) is 47.4 Å². The van der Waals surface area contributed by atoms with E-state index in [1.807, 2.05) is 0 Å². The van der Waals surface area contributed by atoms with Gasteiger partial charge in [0.2, 0.25) is 5.91 Å². The molecule has 108 valence electrons. The summed E-state index contributed by atoms with van der Waals surface area (Å²) in [6.45, 7) is -0.182. The van der Waals surface area contributed by atoms with Crippen LogP contribution in [0.25, 0.3) is 0 Å². The Hall–Kier alpha value is -2.96. The molecule has 0 bridgehead atoms. The van der Waals surface area contributed by atoms with Gasteiger partial charge in [-0.2, -0.15) is 5.10 Å². The number of aromatic nitrogens is 2. The molecule has 0 aliphatic heterocycles. The number of carbonyl (C=O) groups excluding carboxylic acids is 2. The van der Waals surface area contributed by atoms with Crippen LogP contribution in [0.1, 0.15) is 10.4 Å². The van der Waals surface area contributed by atoms with E-state index in [0.29, 0.717) is 11.3 Å². The van der Waals surface area contributed by atoms with E-state index in [-0.39, 0.29) is 18.0 Å². The van der Waals surface area contributed by atoms with Crippen molar-refractivity contribution in [3.05, 3.63) is 58.5 Å². The summed E-state index contributed by atoms with van der Waals surface area (Å²) in [7, 11) is 1.29. The van der Waals surface area contributed by atoms with Gasteiger partial charge in [-0.1, -0.05) is 0 Å². The smallest absolute Gasteiger partial charge is 0.337 e. The van der Waals surface area contributed by atoms with Crippen molar-refractivity contribution in [2.75, 3.05) is 12.4 Å². The number of carbonyl (C=O) groups is 2. The van der Waals surface area contributed by atoms with Crippen molar-refractivity contribution < 1.29 is 14.3 Å². The maximum atomic E-state index is 11.8. The average molecular weight is 287 g/mol. The Kier molecular flexibility index (Phi) is 4.45. The van der Waals surface area contributed by atoms with Crippen molar-refractivity contribution in [1.82, 2.24) is 9.78 Å². The third kappa shape index (κ3) is 3.75. The molecule has 1 aromatic carbocycles. The van der Waals surface area contributed by atoms with E-state index in [1.165, 1.54) is 37.6 Å². The predicted molar refractivity (Wildman–Crippen MR) is 74.9 cm³/mol. The molecule has 0 atom stereocenters. The lowest BCUT2D eigenvalue weighted by atomic mass is 10.2. The molecule has 0 aliphatic rings. The van der Waals surface area contributed by atoms with E-state index in [9.17, 15) is 14.4 Å². The van der Waals surface area contributed by atoms with Gasteiger partial charge in [-0.05, 0) is 30.3 Å². The first-order chi connectivity index (χ1) is 10.1. The lowest BCUT2D eigenvalue weighted by Crippen LogP contribution is -2.28. The highest BCUT2D eigenvalue weighted by Crippen LogP contribution is 2.10. The molecule has 0 radical (unpaired) electrons. The van der Waals surface area contributed by atoms with Crippen LogP contribution < -0.4 is 10.9 Å². The van der Waals surface area contributed by atoms with Crippen LogP contribution in [0.3, 0.4) is 0 Å². The van der Waals surface area contributed by atoms with Crippen LogP contribution in [-0.4, -0.2) is 28.8 Å². The maximum absolute atomic E-state index is 11.8. The third-order valence-electron chi connectivity index (χ3n) is 2.67. The summed E-state index contributed by atoms with van der Waals surface area (Å²) in [4.78, 5) is 34.5. The lowest BCUT2D eigenvalue weighted by molar-refractivity contribution is -0.117. The first kappa shape index (κ1) is 14.4. The number of benzene rings is 1. The molecule has 7 heteroatoms. The van der Waals surface area contributed by atoms with Crippen LogP contribution in [0.4, 0.5) is 5.69 Å². The fourth-order valence-electron chi connectivity index (χ4n) is 1.65. The lowest BCUT2D eigenvalue weighted by Gasteiger charge is -2.06. The highest BCUT2D eigenvalue weighted by atomic mass is 16.5. The highest BCUT2D eigenvalue weighted by molar-refractivity contribution is 5.92. The van der Waals surface area contributed by atoms with Crippen molar-refractivity contribution >= 4 is 17.6 Å². The molecule has 2 aromatic rings. The van der Waals surface area contributed by atoms with E-state index in [1.54, 1.807) is 12.1 Å². The van der Waals surface area contributed by atoms with Crippen LogP contribution >= 0.6 is 0 Å². The number of rotatable bonds is 4. The van der Waals surface area contributed by atoms with Gasteiger partial charge in [0.25, 0.3) is 5.56 Å². The van der Waals surface area contributed by atoms with Crippen LogP contribution in [-0.2, 0) is 16.1 Å². The number of nitrogens with zero attached hydrogens (tertiary/aromatic N) is 2. The normalized spacial score (nSPS) is 9.95. The van der Waals surface area contributed by atoms with Gasteiger partial charge < -0.3 is 10.1 Å². The molecule has 1 N–H and O–H groups in total. The van der Waals surface area contributed by atoms with Crippen molar-refractivity contribution in [2.24, 2.45) is 0 Å². The van der Waals surface area contributed by atoms with Gasteiger partial charge in [0.05, 0.1) is 12.7 Å². The van der Waals surface area contributed by atoms with Crippen molar-refractivity contribution in [3.63, 3.8) is 0 Å². The topological polar surface area (TPSA) is 90.3 Å². The summed E-state index contributed by atoms with van der Waals surface area (Å²) < 4.78 is 5.63. The summed E-state index contributed by atoms with van der Waals surface area (Å²) in [6, 6.07) is 9.05. The van der Waals surface area contributed by atoms with Gasteiger partial charge in [0.1, 0.15) is 6.54 Å². The molecule has 2 rings (SSSR count). The Balaban J connectivity index is 2.01. The summed E-state index contributed by atoms with van der Waals surface area (Å²) in [6.07, 6.45) is 1.43. The summed E-state index contributed by atoms with van der Waals surface area (Å²) >= 11 is 0. The standard InChI is InChI=1S/C14H13N3O4/c1-21-14(20)10-4-6-11(7-5-10)16-12(18)9-17-13(19)3-2-8-15-17/h2-8H,9H2,1H3,(H,16,18). The molecule has 21 heavy (non-hydrogen) atoms. The maximum Gasteiger partial charge on any atom is 0.337 e. The molecule has 0 fully saturated rings. The predicted octanol–water partition coefficient (Wildman–Crippen LogP) is 0.669. The fraction of sp³-hybridized carbons (Fsp3) is 0.143. The number of amides is 1. The number of anilines is 1. The van der Waals surface area contributed by atoms with Crippen molar-refractivity contribution in [2.45, 2.75) is 6.54 Å². The summed E-state index contributed by atoms with van der Waals surface area (Å²) in [5.74, 6) is -0.838. The van der Waals surface area contributed by atoms with E-state index in [4.69, 9.17) is 0 Å². The van der Waals surface area contributed by atoms with E-state index < -0.39 is 5.97 Å². The van der Waals surface area contributed by atoms with E-state index >= 15 is 0 Å². The highest BCUT2D eigenvalue weighted by Gasteiger charge is 2.07. The fourth-order valence-corrected chi connectivity index (χ4v) is 1.65. The number of ether oxygens (including phenoxy) is 1. The number of hydrogen-bond acceptors (Lipinski definition) is 5. The van der Waals surface area contributed by atoms with Gasteiger partial charge in [-0.3, -0.25) is 9.59 Å². The largest absolute Gasteiger partial charge is 0.465 e. The van der Waals surface area contributed by atoms with E-state index in [2.05, 4.69) is 15.2 Å². The Morgan fingerprint density at radius 2 is 1.95 bits per heavy atom. The SMILES string of the molecule is COC(=O)c1ccc(NC(=O)Cn2ncccc2=O)cc1. The van der Waals surface area contributed by atoms with Gasteiger partial charge >= 0.3 is 5.97 Å². The number of hydrogen-bond donors (Lipinski definition) is 1. The molecular formula is C14H13N3O4. The monoisotopic (exact) mass is 287 g/mol. The molecule has 7 nitrogen and oxygen atoms in total. The molecule has 0 aliphatic carbocycles. The van der Waals surface area contributed by atoms with Gasteiger partial charge in [0, 0.05) is 18.0 Å². The zero-order valence-corrected chi connectivity index (χ0v) is 11.3. The van der Waals surface area contributed by atoms with Gasteiger partial charge in [-0.25, -0.2) is 9.48 Å².